The highest BCUT2D eigenvalue weighted by Gasteiger charge is 2.12. The van der Waals surface area contributed by atoms with E-state index >= 15 is 0 Å². The molecule has 0 atom stereocenters. The zero-order valence-electron chi connectivity index (χ0n) is 11.2. The van der Waals surface area contributed by atoms with Crippen LogP contribution in [0.3, 0.4) is 0 Å². The lowest BCUT2D eigenvalue weighted by atomic mass is 10.3. The van der Waals surface area contributed by atoms with Crippen molar-refractivity contribution in [3.05, 3.63) is 27.2 Å². The van der Waals surface area contributed by atoms with Crippen LogP contribution in [0, 0.1) is 0 Å². The molecule has 1 heterocycles. The van der Waals surface area contributed by atoms with Crippen molar-refractivity contribution < 1.29 is 9.47 Å². The average Bonchev–Trinajstić information content (AvgIpc) is 2.45. The minimum Gasteiger partial charge on any atom is -0.464 e. The van der Waals surface area contributed by atoms with E-state index in [1.54, 1.807) is 7.05 Å². The second-order valence-corrected chi connectivity index (χ2v) is 4.93. The molecule has 0 bridgehead atoms. The van der Waals surface area contributed by atoms with E-state index in [0.29, 0.717) is 22.6 Å². The van der Waals surface area contributed by atoms with Crippen LogP contribution in [0.15, 0.2) is 12.1 Å². The van der Waals surface area contributed by atoms with Crippen molar-refractivity contribution in [2.45, 2.75) is 6.92 Å². The molecular formula is C12H11Cl3N4O2. The molecule has 0 spiro atoms. The van der Waals surface area contributed by atoms with E-state index in [4.69, 9.17) is 44.3 Å². The average molecular weight is 350 g/mol. The molecule has 0 unspecified atom stereocenters. The molecule has 6 nitrogen and oxygen atoms in total. The highest BCUT2D eigenvalue weighted by atomic mass is 35.5. The third-order valence-corrected chi connectivity index (χ3v) is 3.28. The van der Waals surface area contributed by atoms with Gasteiger partial charge in [0.25, 0.3) is 0 Å². The number of hydrogen-bond donors (Lipinski definition) is 1. The van der Waals surface area contributed by atoms with Crippen molar-refractivity contribution in [2.24, 2.45) is 0 Å². The lowest BCUT2D eigenvalue weighted by Crippen LogP contribution is -2.05. The van der Waals surface area contributed by atoms with Gasteiger partial charge in [0.1, 0.15) is 0 Å². The monoisotopic (exact) mass is 348 g/mol. The Balaban J connectivity index is 2.34. The number of nitrogens with one attached hydrogen (secondary N) is 1. The summed E-state index contributed by atoms with van der Waals surface area (Å²) >= 11 is 17.8. The molecule has 0 saturated carbocycles. The smallest absolute Gasteiger partial charge is 0.330 e. The Bertz CT molecular complexity index is 655. The van der Waals surface area contributed by atoms with Crippen LogP contribution in [0.2, 0.25) is 15.1 Å². The lowest BCUT2D eigenvalue weighted by Gasteiger charge is -2.09. The number of halogens is 3. The molecule has 2 rings (SSSR count). The van der Waals surface area contributed by atoms with Crippen LogP contribution in [-0.4, -0.2) is 28.6 Å². The fraction of sp³-hybridized carbons (Fsp3) is 0.250. The van der Waals surface area contributed by atoms with E-state index in [1.165, 1.54) is 12.1 Å². The van der Waals surface area contributed by atoms with Crippen molar-refractivity contribution in [1.29, 1.82) is 0 Å². The maximum atomic E-state index is 6.04. The Labute approximate surface area is 136 Å². The summed E-state index contributed by atoms with van der Waals surface area (Å²) in [6, 6.07) is 3.13. The first-order valence-electron chi connectivity index (χ1n) is 5.92. The zero-order valence-corrected chi connectivity index (χ0v) is 13.4. The molecule has 2 aromatic rings. The van der Waals surface area contributed by atoms with E-state index in [0.717, 1.165) is 0 Å². The van der Waals surface area contributed by atoms with E-state index in [9.17, 15) is 0 Å². The van der Waals surface area contributed by atoms with Gasteiger partial charge >= 0.3 is 12.0 Å². The first-order chi connectivity index (χ1) is 10.0. The Morgan fingerprint density at radius 2 is 1.67 bits per heavy atom. The summed E-state index contributed by atoms with van der Waals surface area (Å²) in [5.41, 5.74) is 0. The second kappa shape index (κ2) is 6.98. The maximum Gasteiger partial charge on any atom is 0.330 e. The normalized spacial score (nSPS) is 10.3. The lowest BCUT2D eigenvalue weighted by molar-refractivity contribution is 0.304. The molecule has 0 aliphatic rings. The van der Waals surface area contributed by atoms with Gasteiger partial charge in [-0.2, -0.15) is 9.97 Å². The largest absolute Gasteiger partial charge is 0.464 e. The van der Waals surface area contributed by atoms with Crippen molar-refractivity contribution in [3.63, 3.8) is 0 Å². The molecule has 0 radical (unpaired) electrons. The molecule has 0 fully saturated rings. The zero-order chi connectivity index (χ0) is 15.4. The minimum atomic E-state index is 0.0260. The van der Waals surface area contributed by atoms with Crippen molar-refractivity contribution in [2.75, 3.05) is 19.0 Å². The van der Waals surface area contributed by atoms with Gasteiger partial charge in [0.15, 0.2) is 5.75 Å². The number of nitrogens with zero attached hydrogens (tertiary/aromatic N) is 3. The topological polar surface area (TPSA) is 69.2 Å². The molecule has 1 aromatic heterocycles. The molecule has 0 saturated heterocycles. The quantitative estimate of drug-likeness (QED) is 0.821. The molecule has 112 valence electrons. The molecule has 1 N–H and O–H groups in total. The highest BCUT2D eigenvalue weighted by molar-refractivity contribution is 6.43. The molecule has 0 aliphatic heterocycles. The SMILES string of the molecule is CCOc1nc(NC)nc(Oc2cc(Cl)c(Cl)cc2Cl)n1. The third kappa shape index (κ3) is 4.00. The van der Waals surface area contributed by atoms with Gasteiger partial charge in [-0.15, -0.1) is 4.98 Å². The van der Waals surface area contributed by atoms with Crippen LogP contribution >= 0.6 is 34.8 Å². The third-order valence-electron chi connectivity index (χ3n) is 2.27. The van der Waals surface area contributed by atoms with Gasteiger partial charge in [-0.25, -0.2) is 0 Å². The summed E-state index contributed by atoms with van der Waals surface area (Å²) < 4.78 is 10.8. The van der Waals surface area contributed by atoms with Gasteiger partial charge < -0.3 is 14.8 Å². The molecule has 0 amide bonds. The van der Waals surface area contributed by atoms with Crippen LogP contribution in [0.25, 0.3) is 0 Å². The fourth-order valence-electron chi connectivity index (χ4n) is 1.37. The van der Waals surface area contributed by atoms with Crippen LogP contribution < -0.4 is 14.8 Å². The Morgan fingerprint density at radius 3 is 2.33 bits per heavy atom. The van der Waals surface area contributed by atoms with Gasteiger partial charge in [-0.3, -0.25) is 0 Å². The summed E-state index contributed by atoms with van der Waals surface area (Å²) in [6.45, 7) is 2.24. The van der Waals surface area contributed by atoms with E-state index in [2.05, 4.69) is 20.3 Å². The predicted molar refractivity (Wildman–Crippen MR) is 82.1 cm³/mol. The Morgan fingerprint density at radius 1 is 1.00 bits per heavy atom. The fourth-order valence-corrected chi connectivity index (χ4v) is 1.95. The van der Waals surface area contributed by atoms with Gasteiger partial charge in [-0.05, 0) is 13.0 Å². The number of hydrogen-bond acceptors (Lipinski definition) is 6. The highest BCUT2D eigenvalue weighted by Crippen LogP contribution is 2.35. The van der Waals surface area contributed by atoms with E-state index in [1.807, 2.05) is 6.92 Å². The van der Waals surface area contributed by atoms with Crippen molar-refractivity contribution >= 4 is 40.8 Å². The Kier molecular flexibility index (Phi) is 5.27. The second-order valence-electron chi connectivity index (χ2n) is 3.71. The summed E-state index contributed by atoms with van der Waals surface area (Å²) in [6.07, 6.45) is 0. The molecule has 0 aliphatic carbocycles. The Hall–Kier alpha value is -1.50. The summed E-state index contributed by atoms with van der Waals surface area (Å²) in [7, 11) is 1.67. The standard InChI is InChI=1S/C12H11Cl3N4O2/c1-3-20-11-17-10(16-2)18-12(19-11)21-9-5-7(14)6(13)4-8(9)15/h4-5H,3H2,1-2H3,(H,16,17,18,19). The molecule has 9 heteroatoms. The van der Waals surface area contributed by atoms with E-state index < -0.39 is 0 Å². The van der Waals surface area contributed by atoms with Gasteiger partial charge in [-0.1, -0.05) is 34.8 Å². The first-order valence-corrected chi connectivity index (χ1v) is 7.06. The minimum absolute atomic E-state index is 0.0260. The van der Waals surface area contributed by atoms with Crippen LogP contribution in [-0.2, 0) is 0 Å². The van der Waals surface area contributed by atoms with Crippen LogP contribution in [0.5, 0.6) is 17.8 Å². The number of rotatable bonds is 5. The molecule has 21 heavy (non-hydrogen) atoms. The molecule has 1 aromatic carbocycles. The number of benzene rings is 1. The van der Waals surface area contributed by atoms with Crippen LogP contribution in [0.1, 0.15) is 6.92 Å². The van der Waals surface area contributed by atoms with Crippen molar-refractivity contribution in [3.8, 4) is 17.8 Å². The number of ether oxygens (including phenoxy) is 2. The maximum absolute atomic E-state index is 6.04. The van der Waals surface area contributed by atoms with Gasteiger partial charge in [0.05, 0.1) is 21.7 Å². The molecular weight excluding hydrogens is 339 g/mol. The first kappa shape index (κ1) is 15.9. The number of aromatic nitrogens is 3. The van der Waals surface area contributed by atoms with Crippen molar-refractivity contribution in [1.82, 2.24) is 15.0 Å². The summed E-state index contributed by atoms with van der Waals surface area (Å²) in [4.78, 5) is 12.1. The van der Waals surface area contributed by atoms with Gasteiger partial charge in [0.2, 0.25) is 5.95 Å². The van der Waals surface area contributed by atoms with Gasteiger partial charge in [0, 0.05) is 13.1 Å². The number of anilines is 1. The summed E-state index contributed by atoms with van der Waals surface area (Å²) in [5, 5.41) is 3.71. The van der Waals surface area contributed by atoms with E-state index in [-0.39, 0.29) is 22.8 Å². The predicted octanol–water partition coefficient (Wildman–Crippen LogP) is 4.06. The summed E-state index contributed by atoms with van der Waals surface area (Å²) in [5.74, 6) is 0.585. The van der Waals surface area contributed by atoms with Crippen LogP contribution in [0.4, 0.5) is 5.95 Å².